The number of halogens is 2. The van der Waals surface area contributed by atoms with Crippen LogP contribution in [-0.2, 0) is 19.7 Å². The molecule has 0 N–H and O–H groups in total. The van der Waals surface area contributed by atoms with Gasteiger partial charge in [-0.25, -0.2) is 8.78 Å². The lowest BCUT2D eigenvalue weighted by Gasteiger charge is -2.18. The third kappa shape index (κ3) is 4.81. The molecule has 18 heavy (non-hydrogen) atoms. The third-order valence-electron chi connectivity index (χ3n) is 2.56. The maximum absolute atomic E-state index is 13.4. The van der Waals surface area contributed by atoms with Crippen LogP contribution in [-0.4, -0.2) is 29.9 Å². The summed E-state index contributed by atoms with van der Waals surface area (Å²) in [6, 6.07) is 3.60. The molecule has 0 saturated heterocycles. The normalized spacial score (nSPS) is 13.0. The standard InChI is InChI=1S/C12H18F2O3Si/c1-9(17-18(15-2)16-3)4-5-10-6-7-11(13)8-12(10)14/h6-9,18H,4-5H2,1-3H3. The van der Waals surface area contributed by atoms with Crippen molar-refractivity contribution in [2.24, 2.45) is 0 Å². The lowest BCUT2D eigenvalue weighted by Crippen LogP contribution is -2.29. The summed E-state index contributed by atoms with van der Waals surface area (Å²) in [7, 11) is 1.02. The van der Waals surface area contributed by atoms with Crippen LogP contribution >= 0.6 is 0 Å². The molecule has 6 heteroatoms. The minimum Gasteiger partial charge on any atom is -0.379 e. The molecule has 0 aliphatic heterocycles. The predicted octanol–water partition coefficient (Wildman–Crippen LogP) is 2.31. The Morgan fingerprint density at radius 3 is 2.44 bits per heavy atom. The van der Waals surface area contributed by atoms with E-state index >= 15 is 0 Å². The average molecular weight is 276 g/mol. The van der Waals surface area contributed by atoms with Gasteiger partial charge in [-0.15, -0.1) is 0 Å². The maximum Gasteiger partial charge on any atom is 0.483 e. The highest BCUT2D eigenvalue weighted by Gasteiger charge is 2.16. The van der Waals surface area contributed by atoms with Crippen LogP contribution in [0, 0.1) is 11.6 Å². The van der Waals surface area contributed by atoms with Crippen molar-refractivity contribution in [3.63, 3.8) is 0 Å². The Kier molecular flexibility index (Phi) is 6.41. The SMILES string of the molecule is CO[SiH](OC)OC(C)CCc1ccc(F)cc1F. The van der Waals surface area contributed by atoms with Crippen molar-refractivity contribution >= 4 is 9.53 Å². The number of benzene rings is 1. The molecule has 0 saturated carbocycles. The summed E-state index contributed by atoms with van der Waals surface area (Å²) in [4.78, 5) is 0. The highest BCUT2D eigenvalue weighted by atomic mass is 28.3. The first kappa shape index (κ1) is 15.2. The van der Waals surface area contributed by atoms with E-state index in [1.807, 2.05) is 6.92 Å². The first-order valence-corrected chi connectivity index (χ1v) is 7.13. The van der Waals surface area contributed by atoms with Crippen LogP contribution in [0.3, 0.4) is 0 Å². The van der Waals surface area contributed by atoms with Gasteiger partial charge in [0.05, 0.1) is 0 Å². The molecule has 1 rings (SSSR count). The van der Waals surface area contributed by atoms with E-state index in [2.05, 4.69) is 0 Å². The fraction of sp³-hybridized carbons (Fsp3) is 0.500. The van der Waals surface area contributed by atoms with E-state index in [9.17, 15) is 8.78 Å². The van der Waals surface area contributed by atoms with Gasteiger partial charge in [-0.3, -0.25) is 0 Å². The van der Waals surface area contributed by atoms with Crippen LogP contribution in [0.1, 0.15) is 18.9 Å². The van der Waals surface area contributed by atoms with E-state index in [0.717, 1.165) is 6.07 Å². The number of hydrogen-bond donors (Lipinski definition) is 0. The van der Waals surface area contributed by atoms with Crippen LogP contribution in [0.2, 0.25) is 0 Å². The smallest absolute Gasteiger partial charge is 0.379 e. The van der Waals surface area contributed by atoms with E-state index < -0.39 is 21.2 Å². The minimum absolute atomic E-state index is 0.0916. The molecule has 0 heterocycles. The molecule has 1 aromatic rings. The zero-order chi connectivity index (χ0) is 13.5. The van der Waals surface area contributed by atoms with Gasteiger partial charge in [-0.05, 0) is 31.4 Å². The number of aryl methyl sites for hydroxylation is 1. The Morgan fingerprint density at radius 2 is 1.89 bits per heavy atom. The Bertz CT molecular complexity index is 372. The average Bonchev–Trinajstić information content (AvgIpc) is 2.35. The van der Waals surface area contributed by atoms with Crippen molar-refractivity contribution < 1.29 is 22.1 Å². The highest BCUT2D eigenvalue weighted by molar-refractivity contribution is 6.36. The molecule has 1 unspecified atom stereocenters. The summed E-state index contributed by atoms with van der Waals surface area (Å²) in [5, 5.41) is 0. The Labute approximate surface area is 108 Å². The van der Waals surface area contributed by atoms with E-state index in [1.54, 1.807) is 0 Å². The lowest BCUT2D eigenvalue weighted by atomic mass is 10.1. The first-order chi connectivity index (χ1) is 8.56. The molecular formula is C12H18F2O3Si. The summed E-state index contributed by atoms with van der Waals surface area (Å²) in [6.45, 7) is 1.87. The van der Waals surface area contributed by atoms with Crippen molar-refractivity contribution in [1.29, 1.82) is 0 Å². The second-order valence-electron chi connectivity index (χ2n) is 3.98. The molecule has 102 valence electrons. The van der Waals surface area contributed by atoms with Gasteiger partial charge in [0.15, 0.2) is 0 Å². The Hall–Kier alpha value is -0.823. The van der Waals surface area contributed by atoms with Crippen molar-refractivity contribution in [1.82, 2.24) is 0 Å². The van der Waals surface area contributed by atoms with E-state index in [0.29, 0.717) is 18.4 Å². The van der Waals surface area contributed by atoms with Gasteiger partial charge in [0, 0.05) is 26.4 Å². The van der Waals surface area contributed by atoms with Gasteiger partial charge >= 0.3 is 9.53 Å². The largest absolute Gasteiger partial charge is 0.483 e. The highest BCUT2D eigenvalue weighted by Crippen LogP contribution is 2.13. The summed E-state index contributed by atoms with van der Waals surface area (Å²) in [5.41, 5.74) is 0.486. The van der Waals surface area contributed by atoms with Crippen LogP contribution in [0.15, 0.2) is 18.2 Å². The molecule has 1 aromatic carbocycles. The third-order valence-corrected chi connectivity index (χ3v) is 4.02. The van der Waals surface area contributed by atoms with Gasteiger partial charge in [0.2, 0.25) is 0 Å². The lowest BCUT2D eigenvalue weighted by molar-refractivity contribution is 0.0907. The van der Waals surface area contributed by atoms with Crippen LogP contribution in [0.4, 0.5) is 8.78 Å². The first-order valence-electron chi connectivity index (χ1n) is 5.71. The molecule has 0 amide bonds. The molecule has 0 radical (unpaired) electrons. The number of rotatable bonds is 7. The summed E-state index contributed by atoms with van der Waals surface area (Å²) >= 11 is 0. The summed E-state index contributed by atoms with van der Waals surface area (Å²) in [5.74, 6) is -1.08. The van der Waals surface area contributed by atoms with Gasteiger partial charge in [0.25, 0.3) is 0 Å². The molecule has 1 atom stereocenters. The Balaban J connectivity index is 2.44. The fourth-order valence-corrected chi connectivity index (χ4v) is 2.48. The second-order valence-corrected chi connectivity index (χ2v) is 5.77. The van der Waals surface area contributed by atoms with Crippen LogP contribution in [0.25, 0.3) is 0 Å². The zero-order valence-electron chi connectivity index (χ0n) is 10.8. The molecule has 0 spiro atoms. The fourth-order valence-electron chi connectivity index (χ4n) is 1.55. The molecule has 0 aliphatic rings. The van der Waals surface area contributed by atoms with Crippen LogP contribution in [0.5, 0.6) is 0 Å². The summed E-state index contributed by atoms with van der Waals surface area (Å²) in [6.07, 6.45) is 1.02. The quantitative estimate of drug-likeness (QED) is 0.715. The maximum atomic E-state index is 13.4. The molecule has 0 bridgehead atoms. The summed E-state index contributed by atoms with van der Waals surface area (Å²) < 4.78 is 41.7. The molecular weight excluding hydrogens is 258 g/mol. The van der Waals surface area contributed by atoms with Crippen molar-refractivity contribution in [2.45, 2.75) is 25.9 Å². The molecule has 0 fully saturated rings. The molecule has 3 nitrogen and oxygen atoms in total. The van der Waals surface area contributed by atoms with Crippen molar-refractivity contribution in [3.05, 3.63) is 35.4 Å². The van der Waals surface area contributed by atoms with Gasteiger partial charge in [-0.1, -0.05) is 6.07 Å². The van der Waals surface area contributed by atoms with Crippen molar-refractivity contribution in [3.8, 4) is 0 Å². The number of hydrogen-bond acceptors (Lipinski definition) is 3. The van der Waals surface area contributed by atoms with Gasteiger partial charge in [-0.2, -0.15) is 0 Å². The van der Waals surface area contributed by atoms with E-state index in [-0.39, 0.29) is 6.10 Å². The Morgan fingerprint density at radius 1 is 1.22 bits per heavy atom. The predicted molar refractivity (Wildman–Crippen MR) is 66.4 cm³/mol. The molecule has 0 aliphatic carbocycles. The minimum atomic E-state index is -2.05. The van der Waals surface area contributed by atoms with Crippen molar-refractivity contribution in [2.75, 3.05) is 14.2 Å². The second kappa shape index (κ2) is 7.58. The van der Waals surface area contributed by atoms with Crippen LogP contribution < -0.4 is 0 Å². The topological polar surface area (TPSA) is 27.7 Å². The zero-order valence-corrected chi connectivity index (χ0v) is 11.9. The van der Waals surface area contributed by atoms with Gasteiger partial charge in [0.1, 0.15) is 11.6 Å². The van der Waals surface area contributed by atoms with Gasteiger partial charge < -0.3 is 13.3 Å². The van der Waals surface area contributed by atoms with E-state index in [4.69, 9.17) is 13.3 Å². The van der Waals surface area contributed by atoms with E-state index in [1.165, 1.54) is 26.4 Å². The monoisotopic (exact) mass is 276 g/mol. The molecule has 0 aromatic heterocycles.